The molecule has 2 heterocycles. The second kappa shape index (κ2) is 11.7. The fourth-order valence-corrected chi connectivity index (χ4v) is 5.11. The summed E-state index contributed by atoms with van der Waals surface area (Å²) < 4.78 is 35.7. The first-order valence-electron chi connectivity index (χ1n) is 11.9. The van der Waals surface area contributed by atoms with E-state index in [0.29, 0.717) is 31.0 Å². The molecule has 1 unspecified atom stereocenters. The van der Waals surface area contributed by atoms with Crippen LogP contribution < -0.4 is 10.1 Å². The molecule has 1 aromatic heterocycles. The van der Waals surface area contributed by atoms with E-state index in [0.717, 1.165) is 22.7 Å². The Morgan fingerprint density at radius 3 is 2.41 bits per heavy atom. The smallest absolute Gasteiger partial charge is 0.324 e. The van der Waals surface area contributed by atoms with Gasteiger partial charge in [-0.15, -0.1) is 0 Å². The van der Waals surface area contributed by atoms with Crippen LogP contribution in [-0.2, 0) is 26.2 Å². The average molecular weight is 527 g/mol. The Hall–Kier alpha value is -3.54. The molecule has 1 amide bonds. The molecular formula is C26H30N4O6S. The molecule has 1 aliphatic rings. The lowest BCUT2D eigenvalue weighted by molar-refractivity contribution is -0.147. The Kier molecular flexibility index (Phi) is 8.37. The van der Waals surface area contributed by atoms with Gasteiger partial charge in [0.2, 0.25) is 10.0 Å². The molecule has 1 aliphatic heterocycles. The van der Waals surface area contributed by atoms with Crippen LogP contribution in [0.4, 0.5) is 0 Å². The van der Waals surface area contributed by atoms with E-state index in [1.165, 1.54) is 11.4 Å². The van der Waals surface area contributed by atoms with E-state index in [1.807, 2.05) is 35.2 Å². The standard InChI is InChI=1S/C26H30N4O6S/c1-35-26(32)24(29-13-15-30(16-14-29)37(2,33)34)17-28-25(31)19-7-9-21(10-8-19)36-18-20-11-12-27-23-6-4-3-5-22(20)23/h3-12,24H,13-18H2,1-2H3,(H,28,31). The highest BCUT2D eigenvalue weighted by Gasteiger charge is 2.32. The maximum atomic E-state index is 12.7. The van der Waals surface area contributed by atoms with Crippen LogP contribution in [0.3, 0.4) is 0 Å². The predicted molar refractivity (Wildman–Crippen MR) is 139 cm³/mol. The minimum atomic E-state index is -3.29. The molecule has 0 bridgehead atoms. The number of rotatable bonds is 9. The second-order valence-electron chi connectivity index (χ2n) is 8.75. The lowest BCUT2D eigenvalue weighted by Crippen LogP contribution is -2.57. The molecule has 1 fully saturated rings. The van der Waals surface area contributed by atoms with E-state index in [4.69, 9.17) is 9.47 Å². The first-order chi connectivity index (χ1) is 17.8. The van der Waals surface area contributed by atoms with E-state index < -0.39 is 22.0 Å². The quantitative estimate of drug-likeness (QED) is 0.419. The maximum absolute atomic E-state index is 12.7. The zero-order valence-electron chi connectivity index (χ0n) is 20.8. The van der Waals surface area contributed by atoms with Crippen molar-refractivity contribution in [1.29, 1.82) is 0 Å². The third-order valence-electron chi connectivity index (χ3n) is 6.36. The summed E-state index contributed by atoms with van der Waals surface area (Å²) in [5.41, 5.74) is 2.34. The molecule has 4 rings (SSSR count). The van der Waals surface area contributed by atoms with Gasteiger partial charge in [-0.25, -0.2) is 8.42 Å². The Morgan fingerprint density at radius 1 is 1.03 bits per heavy atom. The van der Waals surface area contributed by atoms with E-state index >= 15 is 0 Å². The number of carbonyl (C=O) groups excluding carboxylic acids is 2. The molecule has 3 aromatic rings. The number of carbonyl (C=O) groups is 2. The van der Waals surface area contributed by atoms with Gasteiger partial charge in [0.15, 0.2) is 0 Å². The number of methoxy groups -OCH3 is 1. The molecule has 0 spiro atoms. The SMILES string of the molecule is COC(=O)C(CNC(=O)c1ccc(OCc2ccnc3ccccc23)cc1)N1CCN(S(C)(=O)=O)CC1. The van der Waals surface area contributed by atoms with E-state index in [2.05, 4.69) is 10.3 Å². The molecule has 196 valence electrons. The first-order valence-corrected chi connectivity index (χ1v) is 13.7. The summed E-state index contributed by atoms with van der Waals surface area (Å²) in [6.45, 7) is 1.68. The predicted octanol–water partition coefficient (Wildman–Crippen LogP) is 1.66. The van der Waals surface area contributed by atoms with Crippen molar-refractivity contribution in [2.24, 2.45) is 0 Å². The van der Waals surface area contributed by atoms with Crippen molar-refractivity contribution in [1.82, 2.24) is 19.5 Å². The van der Waals surface area contributed by atoms with Crippen LogP contribution in [0.5, 0.6) is 5.75 Å². The lowest BCUT2D eigenvalue weighted by atomic mass is 10.1. The number of benzene rings is 2. The molecule has 1 N–H and O–H groups in total. The highest BCUT2D eigenvalue weighted by molar-refractivity contribution is 7.88. The summed E-state index contributed by atoms with van der Waals surface area (Å²) in [5.74, 6) is -0.204. The number of nitrogens with zero attached hydrogens (tertiary/aromatic N) is 3. The summed E-state index contributed by atoms with van der Waals surface area (Å²) in [7, 11) is -2.00. The van der Waals surface area contributed by atoms with Gasteiger partial charge in [0.1, 0.15) is 18.4 Å². The zero-order valence-corrected chi connectivity index (χ0v) is 21.6. The number of sulfonamides is 1. The molecule has 37 heavy (non-hydrogen) atoms. The van der Waals surface area contributed by atoms with Crippen molar-refractivity contribution in [3.63, 3.8) is 0 Å². The van der Waals surface area contributed by atoms with Gasteiger partial charge in [-0.2, -0.15) is 4.31 Å². The Balaban J connectivity index is 1.33. The van der Waals surface area contributed by atoms with Gasteiger partial charge in [-0.3, -0.25) is 19.5 Å². The van der Waals surface area contributed by atoms with Crippen LogP contribution in [0.25, 0.3) is 10.9 Å². The van der Waals surface area contributed by atoms with Gasteiger partial charge in [-0.05, 0) is 36.4 Å². The molecule has 1 saturated heterocycles. The fourth-order valence-electron chi connectivity index (χ4n) is 4.28. The lowest BCUT2D eigenvalue weighted by Gasteiger charge is -2.37. The molecule has 0 radical (unpaired) electrons. The average Bonchev–Trinajstić information content (AvgIpc) is 2.91. The fraction of sp³-hybridized carbons (Fsp3) is 0.346. The van der Waals surface area contributed by atoms with Crippen molar-refractivity contribution in [3.8, 4) is 5.75 Å². The number of ether oxygens (including phenoxy) is 2. The van der Waals surface area contributed by atoms with Crippen LogP contribution in [0.1, 0.15) is 15.9 Å². The van der Waals surface area contributed by atoms with Crippen LogP contribution in [-0.4, -0.2) is 86.6 Å². The monoisotopic (exact) mass is 526 g/mol. The number of nitrogens with one attached hydrogen (secondary N) is 1. The Labute approximate surface area is 216 Å². The topological polar surface area (TPSA) is 118 Å². The third-order valence-corrected chi connectivity index (χ3v) is 7.67. The number of aromatic nitrogens is 1. The minimum absolute atomic E-state index is 0.0394. The third kappa shape index (κ3) is 6.62. The van der Waals surface area contributed by atoms with Gasteiger partial charge < -0.3 is 14.8 Å². The number of piperazine rings is 1. The number of hydrogen-bond donors (Lipinski definition) is 1. The van der Waals surface area contributed by atoms with Gasteiger partial charge >= 0.3 is 5.97 Å². The minimum Gasteiger partial charge on any atom is -0.489 e. The number of para-hydroxylation sites is 1. The van der Waals surface area contributed by atoms with Gasteiger partial charge in [0, 0.05) is 55.4 Å². The zero-order chi connectivity index (χ0) is 26.4. The van der Waals surface area contributed by atoms with Crippen LogP contribution in [0.15, 0.2) is 60.8 Å². The van der Waals surface area contributed by atoms with Crippen LogP contribution in [0, 0.1) is 0 Å². The first kappa shape index (κ1) is 26.5. The summed E-state index contributed by atoms with van der Waals surface area (Å²) in [6.07, 6.45) is 2.92. The van der Waals surface area contributed by atoms with Gasteiger partial charge in [0.05, 0.1) is 18.9 Å². The summed E-state index contributed by atoms with van der Waals surface area (Å²) in [6, 6.07) is 15.8. The molecular weight excluding hydrogens is 496 g/mol. The number of pyridine rings is 1. The van der Waals surface area contributed by atoms with Crippen molar-refractivity contribution in [3.05, 3.63) is 71.9 Å². The van der Waals surface area contributed by atoms with E-state index in [-0.39, 0.29) is 25.5 Å². The molecule has 10 nitrogen and oxygen atoms in total. The molecule has 1 atom stereocenters. The number of fused-ring (bicyclic) bond motifs is 1. The molecule has 11 heteroatoms. The van der Waals surface area contributed by atoms with Gasteiger partial charge in [-0.1, -0.05) is 18.2 Å². The summed E-state index contributed by atoms with van der Waals surface area (Å²) in [5, 5.41) is 3.82. The number of amides is 1. The van der Waals surface area contributed by atoms with Gasteiger partial charge in [0.25, 0.3) is 5.91 Å². The van der Waals surface area contributed by atoms with Crippen LogP contribution in [0.2, 0.25) is 0 Å². The van der Waals surface area contributed by atoms with Crippen molar-refractivity contribution < 1.29 is 27.5 Å². The Morgan fingerprint density at radius 2 is 1.73 bits per heavy atom. The highest BCUT2D eigenvalue weighted by Crippen LogP contribution is 2.20. The van der Waals surface area contributed by atoms with E-state index in [1.54, 1.807) is 30.5 Å². The second-order valence-corrected chi connectivity index (χ2v) is 10.7. The highest BCUT2D eigenvalue weighted by atomic mass is 32.2. The van der Waals surface area contributed by atoms with Crippen molar-refractivity contribution in [2.45, 2.75) is 12.6 Å². The molecule has 2 aromatic carbocycles. The van der Waals surface area contributed by atoms with E-state index in [9.17, 15) is 18.0 Å². The molecule has 0 saturated carbocycles. The summed E-state index contributed by atoms with van der Waals surface area (Å²) in [4.78, 5) is 31.3. The van der Waals surface area contributed by atoms with Crippen molar-refractivity contribution in [2.75, 3.05) is 46.1 Å². The molecule has 0 aliphatic carbocycles. The van der Waals surface area contributed by atoms with Crippen LogP contribution >= 0.6 is 0 Å². The Bertz CT molecular complexity index is 1350. The van der Waals surface area contributed by atoms with Crippen molar-refractivity contribution >= 4 is 32.8 Å². The largest absolute Gasteiger partial charge is 0.489 e. The summed E-state index contributed by atoms with van der Waals surface area (Å²) >= 11 is 0. The maximum Gasteiger partial charge on any atom is 0.324 e. The number of esters is 1. The normalized spacial score (nSPS) is 15.7. The number of hydrogen-bond acceptors (Lipinski definition) is 8.